The van der Waals surface area contributed by atoms with Crippen LogP contribution in [0.1, 0.15) is 23.1 Å². The van der Waals surface area contributed by atoms with Crippen LogP contribution in [0.3, 0.4) is 0 Å². The van der Waals surface area contributed by atoms with E-state index < -0.39 is 23.6 Å². The minimum Gasteiger partial charge on any atom is -0.382 e. The summed E-state index contributed by atoms with van der Waals surface area (Å²) in [5.41, 5.74) is 0.233. The van der Waals surface area contributed by atoms with E-state index in [0.29, 0.717) is 10.5 Å². The van der Waals surface area contributed by atoms with E-state index in [2.05, 4.69) is 20.9 Å². The lowest BCUT2D eigenvalue weighted by Crippen LogP contribution is -2.12. The second kappa shape index (κ2) is 6.82. The molecule has 3 aromatic rings. The number of hydrogen-bond donors (Lipinski definition) is 1. The smallest absolute Gasteiger partial charge is 0.208 e. The first-order valence-corrected chi connectivity index (χ1v) is 8.30. The number of imidazole rings is 1. The molecule has 130 valence electrons. The summed E-state index contributed by atoms with van der Waals surface area (Å²) in [6.45, 7) is 1.55. The van der Waals surface area contributed by atoms with Crippen LogP contribution in [0.2, 0.25) is 5.28 Å². The number of rotatable bonds is 3. The predicted octanol–water partition coefficient (Wildman–Crippen LogP) is 5.10. The quantitative estimate of drug-likeness (QED) is 0.627. The molecule has 1 atom stereocenters. The van der Waals surface area contributed by atoms with E-state index in [1.165, 1.54) is 16.7 Å². The van der Waals surface area contributed by atoms with Crippen molar-refractivity contribution in [2.45, 2.75) is 13.0 Å². The SMILES string of the molecule is Cc1nc(Cl)n(-c2c(F)cccc2Br)c1C(O)c1ccc(F)cc1F. The van der Waals surface area contributed by atoms with Crippen LogP contribution in [0.25, 0.3) is 5.69 Å². The van der Waals surface area contributed by atoms with Gasteiger partial charge in [-0.25, -0.2) is 18.2 Å². The van der Waals surface area contributed by atoms with Crippen molar-refractivity contribution in [3.8, 4) is 5.69 Å². The standard InChI is InChI=1S/C17H11BrClF3N2O/c1-8-14(16(25)10-6-5-9(20)7-13(10)22)24(17(19)23-8)15-11(18)3-2-4-12(15)21/h2-7,16,25H,1H3. The van der Waals surface area contributed by atoms with Crippen molar-refractivity contribution < 1.29 is 18.3 Å². The van der Waals surface area contributed by atoms with Crippen LogP contribution in [0.15, 0.2) is 40.9 Å². The van der Waals surface area contributed by atoms with Crippen LogP contribution in [0.5, 0.6) is 0 Å². The zero-order valence-electron chi connectivity index (χ0n) is 12.8. The Balaban J connectivity index is 2.24. The molecule has 1 heterocycles. The monoisotopic (exact) mass is 430 g/mol. The van der Waals surface area contributed by atoms with E-state index in [-0.39, 0.29) is 27.9 Å². The lowest BCUT2D eigenvalue weighted by molar-refractivity contribution is 0.207. The summed E-state index contributed by atoms with van der Waals surface area (Å²) in [5, 5.41) is 10.6. The Kier molecular flexibility index (Phi) is 4.90. The summed E-state index contributed by atoms with van der Waals surface area (Å²) >= 11 is 9.36. The van der Waals surface area contributed by atoms with Crippen molar-refractivity contribution in [2.75, 3.05) is 0 Å². The van der Waals surface area contributed by atoms with Gasteiger partial charge in [0.2, 0.25) is 5.28 Å². The highest BCUT2D eigenvalue weighted by molar-refractivity contribution is 9.10. The van der Waals surface area contributed by atoms with Crippen molar-refractivity contribution in [2.24, 2.45) is 0 Å². The Bertz CT molecular complexity index is 941. The molecule has 3 nitrogen and oxygen atoms in total. The largest absolute Gasteiger partial charge is 0.382 e. The third-order valence-corrected chi connectivity index (χ3v) is 4.63. The van der Waals surface area contributed by atoms with Crippen molar-refractivity contribution in [3.05, 3.63) is 80.6 Å². The molecule has 0 saturated heterocycles. The van der Waals surface area contributed by atoms with E-state index in [0.717, 1.165) is 12.1 Å². The fourth-order valence-electron chi connectivity index (χ4n) is 2.61. The molecule has 3 rings (SSSR count). The molecule has 0 bridgehead atoms. The highest BCUT2D eigenvalue weighted by atomic mass is 79.9. The second-order valence-corrected chi connectivity index (χ2v) is 6.52. The Morgan fingerprint density at radius 2 is 1.88 bits per heavy atom. The van der Waals surface area contributed by atoms with Crippen molar-refractivity contribution in [3.63, 3.8) is 0 Å². The molecule has 0 fully saturated rings. The summed E-state index contributed by atoms with van der Waals surface area (Å²) in [7, 11) is 0. The van der Waals surface area contributed by atoms with Gasteiger partial charge >= 0.3 is 0 Å². The van der Waals surface area contributed by atoms with E-state index in [9.17, 15) is 18.3 Å². The number of aryl methyl sites for hydroxylation is 1. The number of hydrogen-bond acceptors (Lipinski definition) is 2. The summed E-state index contributed by atoms with van der Waals surface area (Å²) in [6.07, 6.45) is -1.52. The Labute approximate surface area is 154 Å². The van der Waals surface area contributed by atoms with Crippen molar-refractivity contribution in [1.82, 2.24) is 9.55 Å². The highest BCUT2D eigenvalue weighted by Crippen LogP contribution is 2.35. The number of halogens is 5. The van der Waals surface area contributed by atoms with E-state index in [4.69, 9.17) is 11.6 Å². The summed E-state index contributed by atoms with van der Waals surface area (Å²) in [4.78, 5) is 4.05. The van der Waals surface area contributed by atoms with Gasteiger partial charge < -0.3 is 5.11 Å². The van der Waals surface area contributed by atoms with Crippen LogP contribution in [-0.4, -0.2) is 14.7 Å². The van der Waals surface area contributed by atoms with Crippen molar-refractivity contribution in [1.29, 1.82) is 0 Å². The van der Waals surface area contributed by atoms with Gasteiger partial charge in [0.25, 0.3) is 0 Å². The molecule has 0 aliphatic heterocycles. The van der Waals surface area contributed by atoms with Crippen molar-refractivity contribution >= 4 is 27.5 Å². The zero-order valence-corrected chi connectivity index (χ0v) is 15.1. The van der Waals surface area contributed by atoms with Gasteiger partial charge in [0.05, 0.1) is 17.1 Å². The average Bonchev–Trinajstić information content (AvgIpc) is 2.81. The number of nitrogens with zero attached hydrogens (tertiary/aromatic N) is 2. The molecule has 0 aliphatic carbocycles. The van der Waals surface area contributed by atoms with Gasteiger partial charge in [0.1, 0.15) is 23.6 Å². The first kappa shape index (κ1) is 18.0. The van der Waals surface area contributed by atoms with Crippen LogP contribution >= 0.6 is 27.5 Å². The Hall–Kier alpha value is -1.83. The van der Waals surface area contributed by atoms with Gasteiger partial charge in [0, 0.05) is 16.1 Å². The maximum Gasteiger partial charge on any atom is 0.208 e. The first-order valence-electron chi connectivity index (χ1n) is 7.13. The number of aliphatic hydroxyl groups is 1. The maximum atomic E-state index is 14.4. The lowest BCUT2D eigenvalue weighted by Gasteiger charge is -2.18. The Morgan fingerprint density at radius 3 is 2.52 bits per heavy atom. The minimum atomic E-state index is -1.52. The van der Waals surface area contributed by atoms with Gasteiger partial charge in [-0.1, -0.05) is 12.1 Å². The molecule has 0 aliphatic rings. The number of benzene rings is 2. The maximum absolute atomic E-state index is 14.4. The number of para-hydroxylation sites is 1. The van der Waals surface area contributed by atoms with Gasteiger partial charge in [-0.05, 0) is 52.7 Å². The zero-order chi connectivity index (χ0) is 18.3. The molecule has 0 amide bonds. The van der Waals surface area contributed by atoms with E-state index in [1.807, 2.05) is 0 Å². The number of aliphatic hydroxyl groups excluding tert-OH is 1. The normalized spacial score (nSPS) is 12.4. The fraction of sp³-hybridized carbons (Fsp3) is 0.118. The minimum absolute atomic E-state index is 0.0321. The summed E-state index contributed by atoms with van der Waals surface area (Å²) in [5.74, 6) is -2.31. The average molecular weight is 432 g/mol. The highest BCUT2D eigenvalue weighted by Gasteiger charge is 2.27. The molecule has 8 heteroatoms. The Morgan fingerprint density at radius 1 is 1.16 bits per heavy atom. The third kappa shape index (κ3) is 3.19. The van der Waals surface area contributed by atoms with Crippen LogP contribution in [-0.2, 0) is 0 Å². The summed E-state index contributed by atoms with van der Waals surface area (Å²) < 4.78 is 43.1. The molecule has 0 spiro atoms. The molecule has 1 N–H and O–H groups in total. The molecule has 0 radical (unpaired) electrons. The number of aromatic nitrogens is 2. The predicted molar refractivity (Wildman–Crippen MR) is 91.4 cm³/mol. The van der Waals surface area contributed by atoms with Gasteiger partial charge in [-0.2, -0.15) is 0 Å². The fourth-order valence-corrected chi connectivity index (χ4v) is 3.43. The lowest BCUT2D eigenvalue weighted by atomic mass is 10.0. The van der Waals surface area contributed by atoms with Gasteiger partial charge in [0.15, 0.2) is 0 Å². The van der Waals surface area contributed by atoms with Crippen LogP contribution in [0.4, 0.5) is 13.2 Å². The molecule has 2 aromatic carbocycles. The summed E-state index contributed by atoms with van der Waals surface area (Å²) in [6, 6.07) is 7.12. The topological polar surface area (TPSA) is 38.0 Å². The second-order valence-electron chi connectivity index (χ2n) is 5.33. The van der Waals surface area contributed by atoms with Gasteiger partial charge in [-0.3, -0.25) is 4.57 Å². The molecule has 1 unspecified atom stereocenters. The third-order valence-electron chi connectivity index (χ3n) is 3.73. The van der Waals surface area contributed by atoms with Crippen LogP contribution < -0.4 is 0 Å². The molecule has 25 heavy (non-hydrogen) atoms. The molecule has 1 aromatic heterocycles. The first-order chi connectivity index (χ1) is 11.8. The molecular formula is C17H11BrClF3N2O. The van der Waals surface area contributed by atoms with Gasteiger partial charge in [-0.15, -0.1) is 0 Å². The molecule has 0 saturated carbocycles. The van der Waals surface area contributed by atoms with Crippen LogP contribution in [0, 0.1) is 24.4 Å². The van der Waals surface area contributed by atoms with E-state index in [1.54, 1.807) is 13.0 Å². The van der Waals surface area contributed by atoms with E-state index >= 15 is 0 Å². The molecular weight excluding hydrogens is 421 g/mol.